The summed E-state index contributed by atoms with van der Waals surface area (Å²) in [5.74, 6) is 0.208. The minimum absolute atomic E-state index is 0.347. The third kappa shape index (κ3) is 3.85. The summed E-state index contributed by atoms with van der Waals surface area (Å²) in [4.78, 5) is 19.2. The molecule has 0 radical (unpaired) electrons. The number of imidazole rings is 1. The molecule has 0 fully saturated rings. The smallest absolute Gasteiger partial charge is 0.242 e. The molecule has 32 heavy (non-hydrogen) atoms. The second-order valence-electron chi connectivity index (χ2n) is 8.26. The Kier molecular flexibility index (Phi) is 5.70. The number of hydrogen-bond donors (Lipinski definition) is 3. The molecule has 1 amide bonds. The number of aliphatic hydroxyl groups excluding tert-OH is 1. The average molecular weight is 441 g/mol. The normalized spacial score (nSPS) is 15.9. The van der Waals surface area contributed by atoms with Gasteiger partial charge in [-0.05, 0) is 62.4 Å². The van der Waals surface area contributed by atoms with E-state index in [1.165, 1.54) is 24.3 Å². The van der Waals surface area contributed by atoms with Gasteiger partial charge in [0, 0.05) is 24.3 Å². The first kappa shape index (κ1) is 21.9. The second-order valence-corrected chi connectivity index (χ2v) is 8.26. The molecule has 1 aliphatic heterocycles. The van der Waals surface area contributed by atoms with Crippen molar-refractivity contribution in [1.82, 2.24) is 14.5 Å². The van der Waals surface area contributed by atoms with Crippen molar-refractivity contribution < 1.29 is 18.7 Å². The molecule has 168 valence electrons. The lowest BCUT2D eigenvalue weighted by molar-refractivity contribution is -0.141. The lowest BCUT2D eigenvalue weighted by Gasteiger charge is -2.43. The number of carbonyl (C=O) groups excluding carboxylic acids is 1. The molecule has 4 N–H and O–H groups in total. The van der Waals surface area contributed by atoms with Gasteiger partial charge in [-0.2, -0.15) is 0 Å². The number of amides is 1. The van der Waals surface area contributed by atoms with E-state index >= 15 is 0 Å². The Balaban J connectivity index is 1.83. The highest BCUT2D eigenvalue weighted by molar-refractivity contribution is 5.83. The lowest BCUT2D eigenvalue weighted by Crippen LogP contribution is -2.57. The molecule has 1 aliphatic rings. The highest BCUT2D eigenvalue weighted by Gasteiger charge is 2.42. The van der Waals surface area contributed by atoms with Gasteiger partial charge in [-0.15, -0.1) is 0 Å². The van der Waals surface area contributed by atoms with Crippen LogP contribution >= 0.6 is 0 Å². The minimum atomic E-state index is -1.01. The number of anilines is 2. The van der Waals surface area contributed by atoms with E-state index in [0.717, 1.165) is 0 Å². The Morgan fingerprint density at radius 2 is 1.72 bits per heavy atom. The third-order valence-electron chi connectivity index (χ3n) is 5.74. The van der Waals surface area contributed by atoms with E-state index < -0.39 is 18.2 Å². The molecule has 1 aromatic heterocycles. The summed E-state index contributed by atoms with van der Waals surface area (Å²) in [5, 5.41) is 12.7. The van der Waals surface area contributed by atoms with Crippen LogP contribution in [0.25, 0.3) is 11.3 Å². The van der Waals surface area contributed by atoms with Crippen LogP contribution in [0.15, 0.2) is 48.5 Å². The maximum Gasteiger partial charge on any atom is 0.242 e. The zero-order chi connectivity index (χ0) is 23.0. The number of hydrogen-bond acceptors (Lipinski definition) is 5. The van der Waals surface area contributed by atoms with Crippen LogP contribution in [0.5, 0.6) is 0 Å². The highest BCUT2D eigenvalue weighted by atomic mass is 19.1. The van der Waals surface area contributed by atoms with Crippen LogP contribution in [-0.2, 0) is 16.9 Å². The monoisotopic (exact) mass is 441 g/mol. The third-order valence-corrected chi connectivity index (χ3v) is 5.74. The summed E-state index contributed by atoms with van der Waals surface area (Å²) in [5.41, 5.74) is 6.91. The molecule has 0 aliphatic carbocycles. The van der Waals surface area contributed by atoms with E-state index in [0.29, 0.717) is 41.7 Å². The van der Waals surface area contributed by atoms with E-state index in [-0.39, 0.29) is 17.5 Å². The van der Waals surface area contributed by atoms with Gasteiger partial charge in [0.15, 0.2) is 0 Å². The van der Waals surface area contributed by atoms with Crippen molar-refractivity contribution in [2.24, 2.45) is 5.73 Å². The molecule has 0 saturated heterocycles. The van der Waals surface area contributed by atoms with Gasteiger partial charge in [0.2, 0.25) is 5.91 Å². The Hall–Kier alpha value is -3.30. The van der Waals surface area contributed by atoms with Crippen molar-refractivity contribution in [2.45, 2.75) is 32.0 Å². The van der Waals surface area contributed by atoms with E-state index in [1.807, 2.05) is 18.4 Å². The zero-order valence-corrected chi connectivity index (χ0v) is 17.8. The molecular formula is C23H25F2N5O2. The number of fused-ring (bicyclic) bond motifs is 1. The van der Waals surface area contributed by atoms with Crippen molar-refractivity contribution in [3.63, 3.8) is 0 Å². The molecule has 0 spiro atoms. The zero-order valence-electron chi connectivity index (χ0n) is 17.8. The fraction of sp³-hybridized carbons (Fsp3) is 0.304. The van der Waals surface area contributed by atoms with Gasteiger partial charge in [-0.3, -0.25) is 4.79 Å². The Morgan fingerprint density at radius 1 is 1.12 bits per heavy atom. The Bertz CT molecular complexity index is 1130. The largest absolute Gasteiger partial charge is 0.394 e. The van der Waals surface area contributed by atoms with Crippen LogP contribution < -0.4 is 11.1 Å². The first-order valence-electron chi connectivity index (χ1n) is 10.3. The SMILES string of the molecule is CC1(C)c2nc(-c3ccc(F)cc3)c(Nc3ccc(F)cc3)n2CCN1C(=O)[C@H](N)CO. The van der Waals surface area contributed by atoms with Gasteiger partial charge in [0.25, 0.3) is 0 Å². The predicted octanol–water partition coefficient (Wildman–Crippen LogP) is 2.97. The van der Waals surface area contributed by atoms with Crippen LogP contribution in [0.2, 0.25) is 0 Å². The van der Waals surface area contributed by atoms with Gasteiger partial charge in [-0.1, -0.05) is 0 Å². The molecule has 7 nitrogen and oxygen atoms in total. The van der Waals surface area contributed by atoms with Crippen molar-refractivity contribution in [3.8, 4) is 11.3 Å². The topological polar surface area (TPSA) is 96.4 Å². The first-order valence-corrected chi connectivity index (χ1v) is 10.3. The number of nitrogens with two attached hydrogens (primary N) is 1. The number of nitrogens with one attached hydrogen (secondary N) is 1. The van der Waals surface area contributed by atoms with Crippen molar-refractivity contribution in [2.75, 3.05) is 18.5 Å². The van der Waals surface area contributed by atoms with Crippen LogP contribution in [-0.4, -0.2) is 44.7 Å². The average Bonchev–Trinajstić information content (AvgIpc) is 3.14. The number of benzene rings is 2. The second kappa shape index (κ2) is 8.33. The van der Waals surface area contributed by atoms with Crippen molar-refractivity contribution in [3.05, 3.63) is 66.0 Å². The van der Waals surface area contributed by atoms with E-state index in [4.69, 9.17) is 10.7 Å². The van der Waals surface area contributed by atoms with E-state index in [1.54, 1.807) is 29.2 Å². The molecule has 0 bridgehead atoms. The molecule has 1 atom stereocenters. The molecule has 4 rings (SSSR count). The van der Waals surface area contributed by atoms with Gasteiger partial charge in [0.1, 0.15) is 35.0 Å². The molecular weight excluding hydrogens is 416 g/mol. The van der Waals surface area contributed by atoms with E-state index in [2.05, 4.69) is 5.32 Å². The number of nitrogens with zero attached hydrogens (tertiary/aromatic N) is 3. The summed E-state index contributed by atoms with van der Waals surface area (Å²) in [6, 6.07) is 10.9. The Morgan fingerprint density at radius 3 is 2.31 bits per heavy atom. The number of aliphatic hydroxyl groups is 1. The van der Waals surface area contributed by atoms with E-state index in [9.17, 15) is 18.7 Å². The molecule has 0 unspecified atom stereocenters. The fourth-order valence-electron chi connectivity index (χ4n) is 4.01. The van der Waals surface area contributed by atoms with Gasteiger partial charge in [0.05, 0.1) is 12.1 Å². The van der Waals surface area contributed by atoms with Gasteiger partial charge in [-0.25, -0.2) is 13.8 Å². The van der Waals surface area contributed by atoms with Crippen LogP contribution in [0, 0.1) is 11.6 Å². The Labute approximate surface area is 184 Å². The standard InChI is InChI=1S/C23H25F2N5O2/c1-23(2)22-28-19(14-3-5-15(24)6-4-14)20(27-17-9-7-16(25)8-10-17)29(22)11-12-30(23)21(32)18(26)13-31/h3-10,18,27,31H,11-13,26H2,1-2H3/t18-/m1/s1. The minimum Gasteiger partial charge on any atom is -0.394 e. The lowest BCUT2D eigenvalue weighted by atomic mass is 9.98. The summed E-state index contributed by atoms with van der Waals surface area (Å²) in [6.07, 6.45) is 0. The quantitative estimate of drug-likeness (QED) is 0.566. The van der Waals surface area contributed by atoms with Gasteiger partial charge >= 0.3 is 0 Å². The maximum absolute atomic E-state index is 13.5. The molecule has 2 aromatic carbocycles. The first-order chi connectivity index (χ1) is 15.2. The molecule has 2 heterocycles. The predicted molar refractivity (Wildman–Crippen MR) is 117 cm³/mol. The summed E-state index contributed by atoms with van der Waals surface area (Å²) < 4.78 is 28.9. The number of halogens is 2. The summed E-state index contributed by atoms with van der Waals surface area (Å²) >= 11 is 0. The maximum atomic E-state index is 13.5. The highest BCUT2D eigenvalue weighted by Crippen LogP contribution is 2.39. The van der Waals surface area contributed by atoms with Gasteiger partial charge < -0.3 is 25.6 Å². The molecule has 0 saturated carbocycles. The van der Waals surface area contributed by atoms with Crippen LogP contribution in [0.3, 0.4) is 0 Å². The number of aromatic nitrogens is 2. The van der Waals surface area contributed by atoms with Crippen LogP contribution in [0.1, 0.15) is 19.7 Å². The summed E-state index contributed by atoms with van der Waals surface area (Å²) in [7, 11) is 0. The molecule has 3 aromatic rings. The van der Waals surface area contributed by atoms with Crippen molar-refractivity contribution in [1.29, 1.82) is 0 Å². The summed E-state index contributed by atoms with van der Waals surface area (Å²) in [6.45, 7) is 4.08. The van der Waals surface area contributed by atoms with Crippen LogP contribution in [0.4, 0.5) is 20.3 Å². The fourth-order valence-corrected chi connectivity index (χ4v) is 4.01. The number of carbonyl (C=O) groups is 1. The van der Waals surface area contributed by atoms with Crippen molar-refractivity contribution >= 4 is 17.4 Å². The number of rotatable bonds is 5. The molecule has 9 heteroatoms.